The number of fused-ring (bicyclic) bond motifs is 1. The number of halogens is 2. The van der Waals surface area contributed by atoms with Gasteiger partial charge in [-0.05, 0) is 71.9 Å². The Hall–Kier alpha value is -2.56. The van der Waals surface area contributed by atoms with Crippen LogP contribution >= 0.6 is 27.5 Å². The van der Waals surface area contributed by atoms with Crippen molar-refractivity contribution in [2.45, 2.75) is 31.7 Å². The lowest BCUT2D eigenvalue weighted by atomic mass is 9.85. The predicted octanol–water partition coefficient (Wildman–Crippen LogP) is 4.99. The van der Waals surface area contributed by atoms with Crippen LogP contribution in [0.25, 0.3) is 11.0 Å². The van der Waals surface area contributed by atoms with E-state index in [-0.39, 0.29) is 23.6 Å². The third kappa shape index (κ3) is 3.83. The zero-order chi connectivity index (χ0) is 20.5. The maximum Gasteiger partial charge on any atom is 0.326 e. The molecule has 0 bridgehead atoms. The van der Waals surface area contributed by atoms with E-state index in [9.17, 15) is 9.59 Å². The molecule has 0 aliphatic heterocycles. The highest BCUT2D eigenvalue weighted by atomic mass is 79.9. The smallest absolute Gasteiger partial charge is 0.326 e. The third-order valence-corrected chi connectivity index (χ3v) is 6.48. The predicted molar refractivity (Wildman–Crippen MR) is 116 cm³/mol. The number of nitrogens with zero attached hydrogens (tertiary/aromatic N) is 2. The summed E-state index contributed by atoms with van der Waals surface area (Å²) in [4.78, 5) is 28.1. The fourth-order valence-corrected chi connectivity index (χ4v) is 4.62. The van der Waals surface area contributed by atoms with Crippen LogP contribution in [0.2, 0.25) is 5.02 Å². The van der Waals surface area contributed by atoms with Gasteiger partial charge in [-0.25, -0.2) is 4.79 Å². The van der Waals surface area contributed by atoms with E-state index in [0.717, 1.165) is 28.3 Å². The second-order valence-electron chi connectivity index (χ2n) is 7.24. The second-order valence-corrected chi connectivity index (χ2v) is 8.50. The van der Waals surface area contributed by atoms with Gasteiger partial charge in [-0.1, -0.05) is 17.7 Å². The number of nitriles is 1. The van der Waals surface area contributed by atoms with Crippen molar-refractivity contribution >= 4 is 50.2 Å². The van der Waals surface area contributed by atoms with Gasteiger partial charge in [0.1, 0.15) is 6.07 Å². The van der Waals surface area contributed by atoms with E-state index in [1.807, 2.05) is 28.8 Å². The van der Waals surface area contributed by atoms with Gasteiger partial charge in [0.25, 0.3) is 0 Å². The first kappa shape index (κ1) is 19.7. The Morgan fingerprint density at radius 3 is 2.72 bits per heavy atom. The second kappa shape index (κ2) is 8.05. The van der Waals surface area contributed by atoms with Crippen molar-refractivity contribution in [3.8, 4) is 6.07 Å². The average Bonchev–Trinajstić information content (AvgIpc) is 3.07. The summed E-state index contributed by atoms with van der Waals surface area (Å²) in [5, 5.41) is 12.3. The molecule has 148 valence electrons. The summed E-state index contributed by atoms with van der Waals surface area (Å²) >= 11 is 9.42. The fourth-order valence-electron chi connectivity index (χ4n) is 4.01. The standard InChI is InChI=1S/C21H18BrClN4O2/c22-16-2-1-3-18-19(16)26-21(29)27(18)15-7-4-12(5-8-15)20(28)25-14-6-9-17(23)13(10-14)11-24/h1-3,6,9-10,12,15H,4-5,7-8H2,(H,25,28)(H,26,29)/t12-,15+. The largest absolute Gasteiger partial charge is 0.326 e. The Morgan fingerprint density at radius 2 is 2.00 bits per heavy atom. The molecule has 0 unspecified atom stereocenters. The number of aromatic amines is 1. The van der Waals surface area contributed by atoms with Crippen molar-refractivity contribution in [3.63, 3.8) is 0 Å². The summed E-state index contributed by atoms with van der Waals surface area (Å²) in [6, 6.07) is 12.7. The first-order valence-corrected chi connectivity index (χ1v) is 10.5. The van der Waals surface area contributed by atoms with Crippen molar-refractivity contribution in [2.24, 2.45) is 5.92 Å². The molecule has 6 nitrogen and oxygen atoms in total. The molecule has 2 N–H and O–H groups in total. The lowest BCUT2D eigenvalue weighted by Crippen LogP contribution is -2.31. The molecule has 1 amide bonds. The number of rotatable bonds is 3. The molecule has 1 heterocycles. The number of carbonyl (C=O) groups excluding carboxylic acids is 1. The molecule has 3 aromatic rings. The van der Waals surface area contributed by atoms with Crippen molar-refractivity contribution in [1.82, 2.24) is 9.55 Å². The highest BCUT2D eigenvalue weighted by molar-refractivity contribution is 9.10. The van der Waals surface area contributed by atoms with Crippen molar-refractivity contribution in [3.05, 3.63) is 61.9 Å². The topological polar surface area (TPSA) is 90.7 Å². The molecule has 1 fully saturated rings. The molecule has 1 aliphatic carbocycles. The van der Waals surface area contributed by atoms with Gasteiger partial charge >= 0.3 is 5.69 Å². The Labute approximate surface area is 180 Å². The van der Waals surface area contributed by atoms with Crippen molar-refractivity contribution < 1.29 is 4.79 Å². The summed E-state index contributed by atoms with van der Waals surface area (Å²) < 4.78 is 2.67. The molecule has 8 heteroatoms. The quantitative estimate of drug-likeness (QED) is 0.561. The zero-order valence-corrected chi connectivity index (χ0v) is 17.8. The van der Waals surface area contributed by atoms with Crippen LogP contribution in [-0.4, -0.2) is 15.5 Å². The van der Waals surface area contributed by atoms with Gasteiger partial charge < -0.3 is 10.3 Å². The van der Waals surface area contributed by atoms with E-state index in [4.69, 9.17) is 16.9 Å². The number of amides is 1. The summed E-state index contributed by atoms with van der Waals surface area (Å²) in [6.45, 7) is 0. The minimum atomic E-state index is -0.125. The Kier molecular flexibility index (Phi) is 5.48. The van der Waals surface area contributed by atoms with E-state index in [0.29, 0.717) is 29.1 Å². The molecule has 0 spiro atoms. The summed E-state index contributed by atoms with van der Waals surface area (Å²) in [5.74, 6) is -0.191. The lowest BCUT2D eigenvalue weighted by molar-refractivity contribution is -0.121. The molecule has 4 rings (SSSR count). The van der Waals surface area contributed by atoms with Crippen LogP contribution in [0.4, 0.5) is 5.69 Å². The minimum Gasteiger partial charge on any atom is -0.326 e. The van der Waals surface area contributed by atoms with Gasteiger partial charge in [-0.2, -0.15) is 5.26 Å². The molecular formula is C21H18BrClN4O2. The first-order valence-electron chi connectivity index (χ1n) is 9.37. The number of nitrogens with one attached hydrogen (secondary N) is 2. The SMILES string of the molecule is N#Cc1cc(NC(=O)[C@H]2CC[C@@H](n3c(=O)[nH]c4c(Br)cccc43)CC2)ccc1Cl. The number of anilines is 1. The number of H-pyrrole nitrogens is 1. The maximum atomic E-state index is 12.7. The molecule has 1 saturated carbocycles. The van der Waals surface area contributed by atoms with Crippen LogP contribution in [0.3, 0.4) is 0 Å². The molecular weight excluding hydrogens is 456 g/mol. The number of hydrogen-bond donors (Lipinski definition) is 2. The van der Waals surface area contributed by atoms with Crippen LogP contribution in [-0.2, 0) is 4.79 Å². The van der Waals surface area contributed by atoms with Gasteiger partial charge in [0.2, 0.25) is 5.91 Å². The molecule has 29 heavy (non-hydrogen) atoms. The zero-order valence-electron chi connectivity index (χ0n) is 15.4. The van der Waals surface area contributed by atoms with E-state index in [1.54, 1.807) is 18.2 Å². The number of imidazole rings is 1. The Morgan fingerprint density at radius 1 is 1.24 bits per heavy atom. The summed E-state index contributed by atoms with van der Waals surface area (Å²) in [5.41, 5.74) is 2.45. The van der Waals surface area contributed by atoms with Crippen LogP contribution in [0, 0.1) is 17.2 Å². The monoisotopic (exact) mass is 472 g/mol. The van der Waals surface area contributed by atoms with Crippen LogP contribution < -0.4 is 11.0 Å². The molecule has 1 aliphatic rings. The molecule has 0 saturated heterocycles. The van der Waals surface area contributed by atoms with Gasteiger partial charge in [0, 0.05) is 22.1 Å². The molecule has 0 radical (unpaired) electrons. The van der Waals surface area contributed by atoms with Crippen LogP contribution in [0.1, 0.15) is 37.3 Å². The normalized spacial score (nSPS) is 19.1. The van der Waals surface area contributed by atoms with Gasteiger partial charge in [-0.15, -0.1) is 0 Å². The van der Waals surface area contributed by atoms with E-state index >= 15 is 0 Å². The van der Waals surface area contributed by atoms with Crippen molar-refractivity contribution in [2.75, 3.05) is 5.32 Å². The maximum absolute atomic E-state index is 12.7. The minimum absolute atomic E-state index is 0.0651. The summed E-state index contributed by atoms with van der Waals surface area (Å²) in [7, 11) is 0. The highest BCUT2D eigenvalue weighted by Crippen LogP contribution is 2.34. The number of benzene rings is 2. The third-order valence-electron chi connectivity index (χ3n) is 5.49. The summed E-state index contributed by atoms with van der Waals surface area (Å²) in [6.07, 6.45) is 2.90. The number of para-hydroxylation sites is 1. The van der Waals surface area contributed by atoms with Crippen molar-refractivity contribution in [1.29, 1.82) is 5.26 Å². The number of hydrogen-bond acceptors (Lipinski definition) is 3. The van der Waals surface area contributed by atoms with E-state index in [2.05, 4.69) is 26.2 Å². The fraction of sp³-hybridized carbons (Fsp3) is 0.286. The first-order chi connectivity index (χ1) is 14.0. The number of carbonyl (C=O) groups is 1. The lowest BCUT2D eigenvalue weighted by Gasteiger charge is -2.28. The van der Waals surface area contributed by atoms with Gasteiger partial charge in [0.15, 0.2) is 0 Å². The highest BCUT2D eigenvalue weighted by Gasteiger charge is 2.29. The van der Waals surface area contributed by atoms with Crippen LogP contribution in [0.15, 0.2) is 45.7 Å². The average molecular weight is 474 g/mol. The van der Waals surface area contributed by atoms with E-state index in [1.165, 1.54) is 0 Å². The molecule has 1 aromatic heterocycles. The van der Waals surface area contributed by atoms with Gasteiger partial charge in [-0.3, -0.25) is 9.36 Å². The van der Waals surface area contributed by atoms with Crippen LogP contribution in [0.5, 0.6) is 0 Å². The number of aromatic nitrogens is 2. The van der Waals surface area contributed by atoms with Gasteiger partial charge in [0.05, 0.1) is 21.6 Å². The Balaban J connectivity index is 1.46. The van der Waals surface area contributed by atoms with E-state index < -0.39 is 0 Å². The molecule has 0 atom stereocenters. The Bertz CT molecular complexity index is 1190. The molecule has 2 aromatic carbocycles.